The first-order valence-electron chi connectivity index (χ1n) is 6.55. The van der Waals surface area contributed by atoms with E-state index in [4.69, 9.17) is 4.42 Å². The minimum atomic E-state index is -0.0346. The molecule has 3 nitrogen and oxygen atoms in total. The van der Waals surface area contributed by atoms with Crippen LogP contribution in [0.2, 0.25) is 0 Å². The van der Waals surface area contributed by atoms with Crippen LogP contribution in [0, 0.1) is 0 Å². The molecule has 3 rings (SSSR count). The molecule has 0 aliphatic heterocycles. The highest BCUT2D eigenvalue weighted by molar-refractivity contribution is 5.81. The largest absolute Gasteiger partial charge is 0.508 e. The Morgan fingerprint density at radius 1 is 1.10 bits per heavy atom. The molecule has 0 saturated heterocycles. The normalized spacial score (nSPS) is 10.8. The highest BCUT2D eigenvalue weighted by Gasteiger charge is 2.14. The van der Waals surface area contributed by atoms with Crippen molar-refractivity contribution in [3.63, 3.8) is 0 Å². The molecule has 0 atom stereocenters. The van der Waals surface area contributed by atoms with Gasteiger partial charge in [0, 0.05) is 17.2 Å². The van der Waals surface area contributed by atoms with Gasteiger partial charge in [-0.2, -0.15) is 0 Å². The molecule has 3 heteroatoms. The van der Waals surface area contributed by atoms with Crippen LogP contribution in [0.4, 0.5) is 0 Å². The lowest BCUT2D eigenvalue weighted by atomic mass is 10.0. The molecular formula is C17H14O3. The molecular weight excluding hydrogens is 252 g/mol. The van der Waals surface area contributed by atoms with E-state index in [0.29, 0.717) is 28.7 Å². The molecule has 0 aliphatic carbocycles. The Kier molecular flexibility index (Phi) is 3.03. The summed E-state index contributed by atoms with van der Waals surface area (Å²) in [6.45, 7) is 1.94. The number of hydrogen-bond donors (Lipinski definition) is 1. The van der Waals surface area contributed by atoms with E-state index in [2.05, 4.69) is 0 Å². The summed E-state index contributed by atoms with van der Waals surface area (Å²) < 4.78 is 5.87. The molecule has 2 aromatic carbocycles. The van der Waals surface area contributed by atoms with E-state index in [1.165, 1.54) is 12.1 Å². The van der Waals surface area contributed by atoms with Crippen molar-refractivity contribution in [2.75, 3.05) is 0 Å². The van der Waals surface area contributed by atoms with Gasteiger partial charge in [0.2, 0.25) is 0 Å². The minimum absolute atomic E-state index is 0.0346. The molecule has 0 aliphatic rings. The summed E-state index contributed by atoms with van der Waals surface area (Å²) in [7, 11) is 0. The van der Waals surface area contributed by atoms with E-state index in [9.17, 15) is 9.90 Å². The van der Waals surface area contributed by atoms with Crippen LogP contribution in [0.5, 0.6) is 5.75 Å². The molecule has 0 radical (unpaired) electrons. The zero-order chi connectivity index (χ0) is 14.1. The number of benzene rings is 2. The molecule has 0 amide bonds. The smallest absolute Gasteiger partial charge is 0.196 e. The van der Waals surface area contributed by atoms with E-state index in [-0.39, 0.29) is 11.2 Å². The average Bonchev–Trinajstić information content (AvgIpc) is 2.47. The first kappa shape index (κ1) is 12.5. The number of phenols is 1. The number of fused-ring (bicyclic) bond motifs is 1. The topological polar surface area (TPSA) is 50.4 Å². The van der Waals surface area contributed by atoms with Crippen LogP contribution in [-0.4, -0.2) is 5.11 Å². The highest BCUT2D eigenvalue weighted by Crippen LogP contribution is 2.27. The predicted octanol–water partition coefficient (Wildman–Crippen LogP) is 3.73. The SMILES string of the molecule is CCc1c(-c2ccccc2)oc2cc(O)ccc2c1=O. The van der Waals surface area contributed by atoms with E-state index in [1.807, 2.05) is 37.3 Å². The van der Waals surface area contributed by atoms with Crippen LogP contribution in [-0.2, 0) is 6.42 Å². The van der Waals surface area contributed by atoms with Crippen molar-refractivity contribution in [3.8, 4) is 17.1 Å². The molecule has 3 aromatic rings. The third-order valence-electron chi connectivity index (χ3n) is 3.36. The second-order valence-electron chi connectivity index (χ2n) is 4.64. The van der Waals surface area contributed by atoms with E-state index in [1.54, 1.807) is 6.07 Å². The molecule has 0 bridgehead atoms. The lowest BCUT2D eigenvalue weighted by Crippen LogP contribution is -2.10. The summed E-state index contributed by atoms with van der Waals surface area (Å²) in [5, 5.41) is 10.0. The predicted molar refractivity (Wildman–Crippen MR) is 79.0 cm³/mol. The summed E-state index contributed by atoms with van der Waals surface area (Å²) >= 11 is 0. The van der Waals surface area contributed by atoms with Crippen molar-refractivity contribution in [2.24, 2.45) is 0 Å². The van der Waals surface area contributed by atoms with Crippen molar-refractivity contribution >= 4 is 11.0 Å². The van der Waals surface area contributed by atoms with Crippen LogP contribution in [0.3, 0.4) is 0 Å². The van der Waals surface area contributed by atoms with Crippen molar-refractivity contribution in [1.29, 1.82) is 0 Å². The molecule has 20 heavy (non-hydrogen) atoms. The van der Waals surface area contributed by atoms with Crippen LogP contribution < -0.4 is 5.43 Å². The van der Waals surface area contributed by atoms with Gasteiger partial charge in [-0.05, 0) is 18.6 Å². The summed E-state index contributed by atoms with van der Waals surface area (Å²) in [6, 6.07) is 14.1. The zero-order valence-corrected chi connectivity index (χ0v) is 11.1. The quantitative estimate of drug-likeness (QED) is 0.769. The second kappa shape index (κ2) is 4.85. The van der Waals surface area contributed by atoms with Crippen molar-refractivity contribution < 1.29 is 9.52 Å². The minimum Gasteiger partial charge on any atom is -0.508 e. The monoisotopic (exact) mass is 266 g/mol. The molecule has 0 fully saturated rings. The Hall–Kier alpha value is -2.55. The molecule has 1 heterocycles. The summed E-state index contributed by atoms with van der Waals surface area (Å²) in [5.41, 5.74) is 1.90. The van der Waals surface area contributed by atoms with Crippen LogP contribution in [0.15, 0.2) is 57.7 Å². The van der Waals surface area contributed by atoms with Gasteiger partial charge in [0.15, 0.2) is 5.43 Å². The fourth-order valence-corrected chi connectivity index (χ4v) is 2.36. The molecule has 0 spiro atoms. The Morgan fingerprint density at radius 2 is 1.85 bits per heavy atom. The number of rotatable bonds is 2. The summed E-state index contributed by atoms with van der Waals surface area (Å²) in [6.07, 6.45) is 0.601. The fourth-order valence-electron chi connectivity index (χ4n) is 2.36. The Bertz CT molecular complexity index is 817. The second-order valence-corrected chi connectivity index (χ2v) is 4.64. The van der Waals surface area contributed by atoms with E-state index >= 15 is 0 Å². The van der Waals surface area contributed by atoms with Crippen molar-refractivity contribution in [2.45, 2.75) is 13.3 Å². The maximum Gasteiger partial charge on any atom is 0.196 e. The first-order valence-corrected chi connectivity index (χ1v) is 6.55. The Labute approximate surface area is 116 Å². The van der Waals surface area contributed by atoms with Crippen molar-refractivity contribution in [1.82, 2.24) is 0 Å². The molecule has 1 aromatic heterocycles. The standard InChI is InChI=1S/C17H14O3/c1-2-13-16(19)14-9-8-12(18)10-15(14)20-17(13)11-6-4-3-5-7-11/h3-10,18H,2H2,1H3. The third-order valence-corrected chi connectivity index (χ3v) is 3.36. The van der Waals surface area contributed by atoms with Crippen LogP contribution >= 0.6 is 0 Å². The molecule has 0 saturated carbocycles. The van der Waals surface area contributed by atoms with Crippen molar-refractivity contribution in [3.05, 3.63) is 64.3 Å². The molecule has 1 N–H and O–H groups in total. The highest BCUT2D eigenvalue weighted by atomic mass is 16.3. The fraction of sp³-hybridized carbons (Fsp3) is 0.118. The van der Waals surface area contributed by atoms with Gasteiger partial charge in [0.1, 0.15) is 17.1 Å². The van der Waals surface area contributed by atoms with Gasteiger partial charge >= 0.3 is 0 Å². The maximum atomic E-state index is 12.5. The maximum absolute atomic E-state index is 12.5. The van der Waals surface area contributed by atoms with Gasteiger partial charge in [-0.3, -0.25) is 4.79 Å². The van der Waals surface area contributed by atoms with E-state index in [0.717, 1.165) is 5.56 Å². The summed E-state index contributed by atoms with van der Waals surface area (Å²) in [4.78, 5) is 12.5. The number of phenolic OH excluding ortho intramolecular Hbond substituents is 1. The third kappa shape index (κ3) is 1.97. The average molecular weight is 266 g/mol. The molecule has 100 valence electrons. The number of hydrogen-bond acceptors (Lipinski definition) is 3. The lowest BCUT2D eigenvalue weighted by molar-refractivity contribution is 0.474. The Balaban J connectivity index is 2.39. The van der Waals surface area contributed by atoms with Gasteiger partial charge in [0.25, 0.3) is 0 Å². The first-order chi connectivity index (χ1) is 9.70. The van der Waals surface area contributed by atoms with Gasteiger partial charge in [0.05, 0.1) is 5.39 Å². The van der Waals surface area contributed by atoms with Gasteiger partial charge in [-0.25, -0.2) is 0 Å². The summed E-state index contributed by atoms with van der Waals surface area (Å²) in [5.74, 6) is 0.667. The van der Waals surface area contributed by atoms with Crippen LogP contribution in [0.1, 0.15) is 12.5 Å². The van der Waals surface area contributed by atoms with Gasteiger partial charge in [-0.1, -0.05) is 37.3 Å². The molecule has 0 unspecified atom stereocenters. The number of aromatic hydroxyl groups is 1. The van der Waals surface area contributed by atoms with Gasteiger partial charge in [-0.15, -0.1) is 0 Å². The Morgan fingerprint density at radius 3 is 2.55 bits per heavy atom. The van der Waals surface area contributed by atoms with E-state index < -0.39 is 0 Å². The van der Waals surface area contributed by atoms with Gasteiger partial charge < -0.3 is 9.52 Å². The zero-order valence-electron chi connectivity index (χ0n) is 11.1. The van der Waals surface area contributed by atoms with Crippen LogP contribution in [0.25, 0.3) is 22.3 Å². The lowest BCUT2D eigenvalue weighted by Gasteiger charge is -2.08.